The molecular formula is C18H20O5. The highest BCUT2D eigenvalue weighted by Gasteiger charge is 2.12. The van der Waals surface area contributed by atoms with E-state index in [1.54, 1.807) is 64.7 Å². The molecule has 2 aromatic rings. The maximum absolute atomic E-state index is 9.97. The SMILES string of the molecule is COc1cc(/C=C\c2ccc(C)c(O)c2O)cc(OC)c1OC. The van der Waals surface area contributed by atoms with Crippen LogP contribution in [-0.2, 0) is 0 Å². The lowest BCUT2D eigenvalue weighted by molar-refractivity contribution is 0.324. The lowest BCUT2D eigenvalue weighted by Gasteiger charge is -2.13. The molecule has 122 valence electrons. The summed E-state index contributed by atoms with van der Waals surface area (Å²) in [6, 6.07) is 7.06. The van der Waals surface area contributed by atoms with Crippen LogP contribution < -0.4 is 14.2 Å². The minimum absolute atomic E-state index is 0.114. The first-order valence-electron chi connectivity index (χ1n) is 7.01. The van der Waals surface area contributed by atoms with Crippen molar-refractivity contribution < 1.29 is 24.4 Å². The summed E-state index contributed by atoms with van der Waals surface area (Å²) in [5.74, 6) is 1.35. The van der Waals surface area contributed by atoms with Gasteiger partial charge < -0.3 is 24.4 Å². The van der Waals surface area contributed by atoms with E-state index in [1.165, 1.54) is 0 Å². The molecule has 0 saturated carbocycles. The molecule has 2 aromatic carbocycles. The van der Waals surface area contributed by atoms with Crippen molar-refractivity contribution in [3.63, 3.8) is 0 Å². The Kier molecular flexibility index (Phi) is 5.01. The standard InChI is InChI=1S/C18H20O5/c1-11-5-7-13(17(20)16(11)19)8-6-12-9-14(21-2)18(23-4)15(10-12)22-3/h5-10,19-20H,1-4H3/b8-6-. The molecule has 0 radical (unpaired) electrons. The summed E-state index contributed by atoms with van der Waals surface area (Å²) in [5.41, 5.74) is 1.94. The number of phenolic OH excluding ortho intramolecular Hbond substituents is 2. The van der Waals surface area contributed by atoms with Crippen molar-refractivity contribution in [2.75, 3.05) is 21.3 Å². The van der Waals surface area contributed by atoms with Crippen molar-refractivity contribution in [1.29, 1.82) is 0 Å². The molecular weight excluding hydrogens is 296 g/mol. The number of methoxy groups -OCH3 is 3. The van der Waals surface area contributed by atoms with Crippen LogP contribution in [0.1, 0.15) is 16.7 Å². The van der Waals surface area contributed by atoms with Gasteiger partial charge in [0.2, 0.25) is 5.75 Å². The zero-order chi connectivity index (χ0) is 17.0. The van der Waals surface area contributed by atoms with Crippen LogP contribution in [0.2, 0.25) is 0 Å². The minimum Gasteiger partial charge on any atom is -0.504 e. The zero-order valence-corrected chi connectivity index (χ0v) is 13.6. The molecule has 0 aromatic heterocycles. The Morgan fingerprint density at radius 2 is 1.43 bits per heavy atom. The van der Waals surface area contributed by atoms with E-state index in [4.69, 9.17) is 14.2 Å². The van der Waals surface area contributed by atoms with Crippen LogP contribution in [0.3, 0.4) is 0 Å². The average molecular weight is 316 g/mol. The summed E-state index contributed by atoms with van der Waals surface area (Å²) < 4.78 is 15.9. The van der Waals surface area contributed by atoms with Crippen LogP contribution in [-0.4, -0.2) is 31.5 Å². The van der Waals surface area contributed by atoms with Gasteiger partial charge in [-0.3, -0.25) is 0 Å². The summed E-state index contributed by atoms with van der Waals surface area (Å²) in [7, 11) is 4.65. The fraction of sp³-hybridized carbons (Fsp3) is 0.222. The largest absolute Gasteiger partial charge is 0.504 e. The predicted molar refractivity (Wildman–Crippen MR) is 89.5 cm³/mol. The summed E-state index contributed by atoms with van der Waals surface area (Å²) in [5, 5.41) is 19.7. The molecule has 0 saturated heterocycles. The van der Waals surface area contributed by atoms with Crippen molar-refractivity contribution in [2.24, 2.45) is 0 Å². The minimum atomic E-state index is -0.145. The molecule has 0 bridgehead atoms. The van der Waals surface area contributed by atoms with E-state index in [0.717, 1.165) is 5.56 Å². The van der Waals surface area contributed by atoms with E-state index >= 15 is 0 Å². The average Bonchev–Trinajstić information content (AvgIpc) is 2.57. The summed E-state index contributed by atoms with van der Waals surface area (Å²) in [4.78, 5) is 0. The molecule has 0 unspecified atom stereocenters. The second-order valence-corrected chi connectivity index (χ2v) is 4.96. The van der Waals surface area contributed by atoms with Gasteiger partial charge in [0, 0.05) is 5.56 Å². The van der Waals surface area contributed by atoms with Gasteiger partial charge in [-0.15, -0.1) is 0 Å². The van der Waals surface area contributed by atoms with Crippen molar-refractivity contribution >= 4 is 12.2 Å². The third-order valence-corrected chi connectivity index (χ3v) is 3.53. The number of phenols is 2. The molecule has 0 aliphatic carbocycles. The lowest BCUT2D eigenvalue weighted by atomic mass is 10.1. The van der Waals surface area contributed by atoms with Gasteiger partial charge in [0.05, 0.1) is 21.3 Å². The molecule has 0 heterocycles. The second kappa shape index (κ2) is 6.96. The highest BCUT2D eigenvalue weighted by atomic mass is 16.5. The number of hydrogen-bond donors (Lipinski definition) is 2. The summed E-state index contributed by atoms with van der Waals surface area (Å²) in [6.07, 6.45) is 3.49. The number of ether oxygens (including phenoxy) is 3. The highest BCUT2D eigenvalue weighted by Crippen LogP contribution is 2.39. The smallest absolute Gasteiger partial charge is 0.203 e. The molecule has 0 amide bonds. The molecule has 0 aliphatic rings. The van der Waals surface area contributed by atoms with Crippen LogP contribution in [0.5, 0.6) is 28.7 Å². The van der Waals surface area contributed by atoms with E-state index < -0.39 is 0 Å². The Balaban J connectivity index is 2.42. The normalized spacial score (nSPS) is 10.8. The first kappa shape index (κ1) is 16.5. The number of aromatic hydroxyl groups is 2. The van der Waals surface area contributed by atoms with Crippen molar-refractivity contribution in [3.05, 3.63) is 41.0 Å². The number of rotatable bonds is 5. The van der Waals surface area contributed by atoms with Crippen molar-refractivity contribution in [2.45, 2.75) is 6.92 Å². The van der Waals surface area contributed by atoms with Crippen LogP contribution in [0.15, 0.2) is 24.3 Å². The van der Waals surface area contributed by atoms with E-state index in [1.807, 2.05) is 0 Å². The van der Waals surface area contributed by atoms with Gasteiger partial charge in [0.1, 0.15) is 0 Å². The zero-order valence-electron chi connectivity index (χ0n) is 13.6. The first-order chi connectivity index (χ1) is 11.0. The van der Waals surface area contributed by atoms with E-state index in [2.05, 4.69) is 0 Å². The third-order valence-electron chi connectivity index (χ3n) is 3.53. The monoisotopic (exact) mass is 316 g/mol. The Morgan fingerprint density at radius 1 is 0.826 bits per heavy atom. The maximum atomic E-state index is 9.97. The van der Waals surface area contributed by atoms with Gasteiger partial charge in [-0.2, -0.15) is 0 Å². The molecule has 0 spiro atoms. The quantitative estimate of drug-likeness (QED) is 0.651. The van der Waals surface area contributed by atoms with E-state index in [-0.39, 0.29) is 11.5 Å². The lowest BCUT2D eigenvalue weighted by Crippen LogP contribution is -1.95. The van der Waals surface area contributed by atoms with Gasteiger partial charge in [-0.25, -0.2) is 0 Å². The topological polar surface area (TPSA) is 68.2 Å². The van der Waals surface area contributed by atoms with Crippen molar-refractivity contribution in [1.82, 2.24) is 0 Å². The van der Waals surface area contributed by atoms with Crippen LogP contribution in [0.4, 0.5) is 0 Å². The molecule has 5 heteroatoms. The molecule has 23 heavy (non-hydrogen) atoms. The second-order valence-electron chi connectivity index (χ2n) is 4.96. The van der Waals surface area contributed by atoms with Crippen LogP contribution in [0.25, 0.3) is 12.2 Å². The third kappa shape index (κ3) is 3.34. The number of benzene rings is 2. The number of aryl methyl sites for hydroxylation is 1. The maximum Gasteiger partial charge on any atom is 0.203 e. The van der Waals surface area contributed by atoms with Gasteiger partial charge in [0.25, 0.3) is 0 Å². The Labute approximate surface area is 135 Å². The fourth-order valence-electron chi connectivity index (χ4n) is 2.21. The molecule has 2 N–H and O–H groups in total. The van der Waals surface area contributed by atoms with Gasteiger partial charge in [-0.05, 0) is 30.2 Å². The summed E-state index contributed by atoms with van der Waals surface area (Å²) in [6.45, 7) is 1.72. The molecule has 5 nitrogen and oxygen atoms in total. The van der Waals surface area contributed by atoms with E-state index in [0.29, 0.717) is 28.4 Å². The highest BCUT2D eigenvalue weighted by molar-refractivity contribution is 5.76. The first-order valence-corrected chi connectivity index (χ1v) is 7.01. The Morgan fingerprint density at radius 3 is 1.96 bits per heavy atom. The molecule has 0 atom stereocenters. The predicted octanol–water partition coefficient (Wildman–Crippen LogP) is 3.60. The van der Waals surface area contributed by atoms with Crippen LogP contribution >= 0.6 is 0 Å². The molecule has 0 fully saturated rings. The fourth-order valence-corrected chi connectivity index (χ4v) is 2.21. The van der Waals surface area contributed by atoms with E-state index in [9.17, 15) is 10.2 Å². The van der Waals surface area contributed by atoms with Gasteiger partial charge in [-0.1, -0.05) is 24.3 Å². The van der Waals surface area contributed by atoms with Gasteiger partial charge >= 0.3 is 0 Å². The summed E-state index contributed by atoms with van der Waals surface area (Å²) >= 11 is 0. The van der Waals surface area contributed by atoms with Gasteiger partial charge in [0.15, 0.2) is 23.0 Å². The Hall–Kier alpha value is -2.82. The van der Waals surface area contributed by atoms with Crippen LogP contribution in [0, 0.1) is 6.92 Å². The number of hydrogen-bond acceptors (Lipinski definition) is 5. The Bertz CT molecular complexity index is 709. The molecule has 2 rings (SSSR count). The molecule has 0 aliphatic heterocycles. The van der Waals surface area contributed by atoms with Crippen molar-refractivity contribution in [3.8, 4) is 28.7 Å².